The van der Waals surface area contributed by atoms with Crippen LogP contribution in [0.25, 0.3) is 0 Å². The molecule has 0 aliphatic carbocycles. The van der Waals surface area contributed by atoms with Gasteiger partial charge in [0.1, 0.15) is 10.7 Å². The van der Waals surface area contributed by atoms with Crippen LogP contribution in [0.15, 0.2) is 21.5 Å². The van der Waals surface area contributed by atoms with E-state index in [1.807, 2.05) is 0 Å². The van der Waals surface area contributed by atoms with Crippen LogP contribution >= 0.6 is 15.9 Å². The molecule has 0 aliphatic rings. The minimum absolute atomic E-state index is 0.160. The fourth-order valence-electron chi connectivity index (χ4n) is 1.48. The Morgan fingerprint density at radius 3 is 2.63 bits per heavy atom. The molecule has 0 saturated heterocycles. The predicted molar refractivity (Wildman–Crippen MR) is 74.8 cm³/mol. The van der Waals surface area contributed by atoms with Gasteiger partial charge in [0.2, 0.25) is 10.0 Å². The van der Waals surface area contributed by atoms with Crippen molar-refractivity contribution >= 4 is 31.6 Å². The highest BCUT2D eigenvalue weighted by atomic mass is 79.9. The van der Waals surface area contributed by atoms with Crippen LogP contribution in [0.2, 0.25) is 0 Å². The van der Waals surface area contributed by atoms with Gasteiger partial charge in [-0.25, -0.2) is 12.8 Å². The molecule has 1 atom stereocenters. The maximum absolute atomic E-state index is 13.8. The van der Waals surface area contributed by atoms with E-state index in [1.165, 1.54) is 14.2 Å². The number of likely N-dealkylation sites (N-methyl/N-ethyl adjacent to an activating group) is 1. The second-order valence-corrected chi connectivity index (χ2v) is 6.95. The van der Waals surface area contributed by atoms with Crippen molar-refractivity contribution in [2.24, 2.45) is 0 Å². The van der Waals surface area contributed by atoms with E-state index in [-0.39, 0.29) is 12.3 Å². The first-order valence-electron chi connectivity index (χ1n) is 5.43. The van der Waals surface area contributed by atoms with Gasteiger partial charge in [-0.3, -0.25) is 0 Å². The Bertz CT molecular complexity index is 565. The van der Waals surface area contributed by atoms with Crippen molar-refractivity contribution in [1.82, 2.24) is 4.31 Å². The predicted octanol–water partition coefficient (Wildman–Crippen LogP) is 1.83. The summed E-state index contributed by atoms with van der Waals surface area (Å²) in [7, 11) is -1.11. The van der Waals surface area contributed by atoms with Crippen LogP contribution in [-0.4, -0.2) is 39.5 Å². The molecule has 19 heavy (non-hydrogen) atoms. The van der Waals surface area contributed by atoms with E-state index in [1.54, 1.807) is 6.92 Å². The lowest BCUT2D eigenvalue weighted by Gasteiger charge is -2.24. The van der Waals surface area contributed by atoms with Gasteiger partial charge in [-0.2, -0.15) is 4.31 Å². The number of ether oxygens (including phenoxy) is 1. The van der Waals surface area contributed by atoms with Gasteiger partial charge in [-0.15, -0.1) is 0 Å². The average Bonchev–Trinajstić information content (AvgIpc) is 2.32. The van der Waals surface area contributed by atoms with Gasteiger partial charge < -0.3 is 10.5 Å². The van der Waals surface area contributed by atoms with E-state index in [9.17, 15) is 12.8 Å². The molecule has 0 bridgehead atoms. The molecule has 1 aromatic rings. The second-order valence-electron chi connectivity index (χ2n) is 4.13. The summed E-state index contributed by atoms with van der Waals surface area (Å²) >= 11 is 3.04. The number of nitrogens with two attached hydrogens (primary N) is 1. The second kappa shape index (κ2) is 6.17. The average molecular weight is 355 g/mol. The van der Waals surface area contributed by atoms with Crippen LogP contribution in [0.5, 0.6) is 0 Å². The van der Waals surface area contributed by atoms with Crippen molar-refractivity contribution in [3.05, 3.63) is 22.4 Å². The molecule has 1 aromatic carbocycles. The standard InChI is InChI=1S/C11H16BrFN2O3S/c1-7(6-18-3)15(2)19(16,17)11-5-10(14)8(12)4-9(11)13/h4-5,7H,6,14H2,1-3H3. The highest BCUT2D eigenvalue weighted by molar-refractivity contribution is 9.10. The van der Waals surface area contributed by atoms with Crippen LogP contribution < -0.4 is 5.73 Å². The quantitative estimate of drug-likeness (QED) is 0.818. The lowest BCUT2D eigenvalue weighted by Crippen LogP contribution is -2.38. The van der Waals surface area contributed by atoms with Crippen LogP contribution in [-0.2, 0) is 14.8 Å². The summed E-state index contributed by atoms with van der Waals surface area (Å²) in [6, 6.07) is 1.72. The topological polar surface area (TPSA) is 72.6 Å². The minimum atomic E-state index is -3.95. The lowest BCUT2D eigenvalue weighted by atomic mass is 10.3. The van der Waals surface area contributed by atoms with E-state index in [0.717, 1.165) is 16.4 Å². The van der Waals surface area contributed by atoms with Gasteiger partial charge >= 0.3 is 0 Å². The molecule has 0 heterocycles. The third-order valence-corrected chi connectivity index (χ3v) is 5.41. The molecule has 2 N–H and O–H groups in total. The first kappa shape index (κ1) is 16.4. The molecule has 0 radical (unpaired) electrons. The van der Waals surface area contributed by atoms with Crippen molar-refractivity contribution in [3.8, 4) is 0 Å². The Hall–Kier alpha value is -0.700. The number of hydrogen-bond acceptors (Lipinski definition) is 4. The molecule has 0 amide bonds. The van der Waals surface area contributed by atoms with Gasteiger partial charge in [-0.05, 0) is 35.0 Å². The molecule has 1 unspecified atom stereocenters. The fourth-order valence-corrected chi connectivity index (χ4v) is 3.22. The van der Waals surface area contributed by atoms with E-state index in [4.69, 9.17) is 10.5 Å². The number of nitrogen functional groups attached to an aromatic ring is 1. The van der Waals surface area contributed by atoms with Crippen LogP contribution in [0.1, 0.15) is 6.92 Å². The van der Waals surface area contributed by atoms with Crippen molar-refractivity contribution in [2.45, 2.75) is 17.9 Å². The lowest BCUT2D eigenvalue weighted by molar-refractivity contribution is 0.149. The summed E-state index contributed by atoms with van der Waals surface area (Å²) in [5, 5.41) is 0. The number of rotatable bonds is 5. The van der Waals surface area contributed by atoms with E-state index in [0.29, 0.717) is 4.47 Å². The Kier molecular flexibility index (Phi) is 5.31. The largest absolute Gasteiger partial charge is 0.398 e. The van der Waals surface area contributed by atoms with Crippen LogP contribution in [0.3, 0.4) is 0 Å². The number of sulfonamides is 1. The number of methoxy groups -OCH3 is 1. The molecule has 0 aliphatic heterocycles. The Morgan fingerprint density at radius 1 is 1.53 bits per heavy atom. The Labute approximate surface area is 120 Å². The number of anilines is 1. The maximum atomic E-state index is 13.8. The SMILES string of the molecule is COCC(C)N(C)S(=O)(=O)c1cc(N)c(Br)cc1F. The van der Waals surface area contributed by atoms with E-state index in [2.05, 4.69) is 15.9 Å². The first-order chi connectivity index (χ1) is 8.71. The fraction of sp³-hybridized carbons (Fsp3) is 0.455. The van der Waals surface area contributed by atoms with Gasteiger partial charge in [0.15, 0.2) is 0 Å². The van der Waals surface area contributed by atoms with Gasteiger partial charge in [0.25, 0.3) is 0 Å². The number of hydrogen-bond donors (Lipinski definition) is 1. The highest BCUT2D eigenvalue weighted by Gasteiger charge is 2.28. The Morgan fingerprint density at radius 2 is 2.11 bits per heavy atom. The van der Waals surface area contributed by atoms with Crippen molar-refractivity contribution < 1.29 is 17.5 Å². The third kappa shape index (κ3) is 3.44. The molecule has 1 rings (SSSR count). The van der Waals surface area contributed by atoms with Gasteiger partial charge in [0.05, 0.1) is 6.61 Å². The number of halogens is 2. The zero-order chi connectivity index (χ0) is 14.8. The number of nitrogens with zero attached hydrogens (tertiary/aromatic N) is 1. The summed E-state index contributed by atoms with van der Waals surface area (Å²) in [6.45, 7) is 1.88. The zero-order valence-electron chi connectivity index (χ0n) is 10.9. The van der Waals surface area contributed by atoms with Crippen molar-refractivity contribution in [2.75, 3.05) is 26.5 Å². The monoisotopic (exact) mass is 354 g/mol. The highest BCUT2D eigenvalue weighted by Crippen LogP contribution is 2.28. The van der Waals surface area contributed by atoms with E-state index < -0.39 is 26.8 Å². The first-order valence-corrected chi connectivity index (χ1v) is 7.66. The van der Waals surface area contributed by atoms with Gasteiger partial charge in [-0.1, -0.05) is 0 Å². The molecular weight excluding hydrogens is 339 g/mol. The minimum Gasteiger partial charge on any atom is -0.398 e. The van der Waals surface area contributed by atoms with Crippen molar-refractivity contribution in [3.63, 3.8) is 0 Å². The molecule has 8 heteroatoms. The summed E-state index contributed by atoms with van der Waals surface area (Å²) in [5.41, 5.74) is 5.76. The molecule has 0 aromatic heterocycles. The molecule has 0 fully saturated rings. The maximum Gasteiger partial charge on any atom is 0.246 e. The van der Waals surface area contributed by atoms with Crippen LogP contribution in [0.4, 0.5) is 10.1 Å². The zero-order valence-corrected chi connectivity index (χ0v) is 13.3. The molecule has 5 nitrogen and oxygen atoms in total. The molecule has 0 saturated carbocycles. The Balaban J connectivity index is 3.24. The summed E-state index contributed by atoms with van der Waals surface area (Å²) in [5.74, 6) is -0.849. The van der Waals surface area contributed by atoms with Crippen molar-refractivity contribution in [1.29, 1.82) is 0 Å². The molecule has 108 valence electrons. The third-order valence-electron chi connectivity index (χ3n) is 2.74. The normalized spacial score (nSPS) is 13.8. The molecular formula is C11H16BrFN2O3S. The van der Waals surface area contributed by atoms with E-state index >= 15 is 0 Å². The molecule has 0 spiro atoms. The van der Waals surface area contributed by atoms with Gasteiger partial charge in [0, 0.05) is 30.4 Å². The summed E-state index contributed by atoms with van der Waals surface area (Å²) in [6.07, 6.45) is 0. The smallest absolute Gasteiger partial charge is 0.246 e. The summed E-state index contributed by atoms with van der Waals surface area (Å²) < 4.78 is 44.7. The van der Waals surface area contributed by atoms with Crippen LogP contribution in [0, 0.1) is 5.82 Å². The number of benzene rings is 1. The summed E-state index contributed by atoms with van der Waals surface area (Å²) in [4.78, 5) is -0.446.